The van der Waals surface area contributed by atoms with Gasteiger partial charge in [0.1, 0.15) is 5.82 Å². The van der Waals surface area contributed by atoms with Crippen LogP contribution in [0.2, 0.25) is 0 Å². The summed E-state index contributed by atoms with van der Waals surface area (Å²) in [6, 6.07) is 9.61. The lowest BCUT2D eigenvalue weighted by Crippen LogP contribution is -2.44. The van der Waals surface area contributed by atoms with Crippen LogP contribution in [0.5, 0.6) is 0 Å². The monoisotopic (exact) mass is 444 g/mol. The zero-order valence-corrected chi connectivity index (χ0v) is 17.8. The molecule has 1 atom stereocenters. The Morgan fingerprint density at radius 1 is 1.21 bits per heavy atom. The lowest BCUT2D eigenvalue weighted by Gasteiger charge is -2.31. The van der Waals surface area contributed by atoms with Gasteiger partial charge in [-0.2, -0.15) is 0 Å². The summed E-state index contributed by atoms with van der Waals surface area (Å²) in [5, 5.41) is 5.86. The van der Waals surface area contributed by atoms with Crippen LogP contribution in [0.15, 0.2) is 41.0 Å². The Morgan fingerprint density at radius 3 is 2.79 bits per heavy atom. The third-order valence-corrected chi connectivity index (χ3v) is 5.36. The molecular weight excluding hydrogens is 420 g/mol. The summed E-state index contributed by atoms with van der Waals surface area (Å²) < 4.78 is 0.865. The zero-order chi connectivity index (χ0) is 20.1. The van der Waals surface area contributed by atoms with Gasteiger partial charge in [-0.3, -0.25) is 14.5 Å². The first-order valence-corrected chi connectivity index (χ1v) is 10.2. The first-order chi connectivity index (χ1) is 13.4. The molecular formula is C21H25BrN4O2. The van der Waals surface area contributed by atoms with Crippen LogP contribution in [0.3, 0.4) is 0 Å². The van der Waals surface area contributed by atoms with Gasteiger partial charge in [0.25, 0.3) is 0 Å². The fourth-order valence-corrected chi connectivity index (χ4v) is 3.59. The van der Waals surface area contributed by atoms with Crippen molar-refractivity contribution in [3.8, 4) is 0 Å². The molecule has 1 aliphatic rings. The van der Waals surface area contributed by atoms with Crippen molar-refractivity contribution in [3.63, 3.8) is 0 Å². The van der Waals surface area contributed by atoms with Crippen LogP contribution >= 0.6 is 15.9 Å². The van der Waals surface area contributed by atoms with E-state index in [-0.39, 0.29) is 24.3 Å². The van der Waals surface area contributed by atoms with Gasteiger partial charge >= 0.3 is 0 Å². The number of hydrogen-bond acceptors (Lipinski definition) is 4. The molecule has 0 saturated carbocycles. The van der Waals surface area contributed by atoms with Crippen molar-refractivity contribution in [2.75, 3.05) is 30.3 Å². The van der Waals surface area contributed by atoms with Crippen molar-refractivity contribution in [1.82, 2.24) is 9.88 Å². The van der Waals surface area contributed by atoms with Crippen molar-refractivity contribution in [2.45, 2.75) is 26.7 Å². The number of amides is 2. The minimum Gasteiger partial charge on any atom is -0.325 e. The van der Waals surface area contributed by atoms with Gasteiger partial charge in [-0.15, -0.1) is 0 Å². The second kappa shape index (κ2) is 9.30. The molecule has 1 aromatic heterocycles. The maximum atomic E-state index is 12.6. The molecule has 1 aromatic carbocycles. The molecule has 148 valence electrons. The molecule has 0 spiro atoms. The van der Waals surface area contributed by atoms with Crippen molar-refractivity contribution >= 4 is 39.2 Å². The van der Waals surface area contributed by atoms with Gasteiger partial charge < -0.3 is 10.6 Å². The Labute approximate surface area is 173 Å². The number of anilines is 2. The van der Waals surface area contributed by atoms with E-state index in [1.165, 1.54) is 0 Å². The van der Waals surface area contributed by atoms with Gasteiger partial charge in [0.05, 0.1) is 12.5 Å². The summed E-state index contributed by atoms with van der Waals surface area (Å²) in [5.41, 5.74) is 2.99. The van der Waals surface area contributed by atoms with Crippen LogP contribution < -0.4 is 10.6 Å². The Bertz CT molecular complexity index is 854. The summed E-state index contributed by atoms with van der Waals surface area (Å²) in [4.78, 5) is 31.3. The molecule has 6 nitrogen and oxygen atoms in total. The van der Waals surface area contributed by atoms with Gasteiger partial charge in [0.15, 0.2) is 0 Å². The van der Waals surface area contributed by atoms with Crippen LogP contribution in [0.1, 0.15) is 24.0 Å². The fourth-order valence-electron chi connectivity index (χ4n) is 3.35. The highest BCUT2D eigenvalue weighted by Crippen LogP contribution is 2.20. The number of likely N-dealkylation sites (tertiary alicyclic amines) is 1. The van der Waals surface area contributed by atoms with Gasteiger partial charge in [0.2, 0.25) is 11.8 Å². The van der Waals surface area contributed by atoms with E-state index >= 15 is 0 Å². The third-order valence-electron chi connectivity index (χ3n) is 4.89. The van der Waals surface area contributed by atoms with Gasteiger partial charge in [-0.05, 0) is 78.5 Å². The van der Waals surface area contributed by atoms with Crippen LogP contribution in [0, 0.1) is 19.8 Å². The number of nitrogens with zero attached hydrogens (tertiary/aromatic N) is 2. The number of piperidine rings is 1. The predicted octanol–water partition coefficient (Wildman–Crippen LogP) is 3.75. The number of hydrogen-bond donors (Lipinski definition) is 2. The Kier molecular flexibility index (Phi) is 6.80. The number of aromatic nitrogens is 1. The number of aryl methyl sites for hydroxylation is 2. The standard InChI is InChI=1S/C21H25BrN4O2/c1-14-5-6-15(2)18(10-14)24-20(27)13-26-9-3-4-16(12-26)21(28)25-19-8-7-17(22)11-23-19/h5-8,10-11,16H,3-4,9,12-13H2,1-2H3,(H,24,27)(H,23,25,28)/t16-/m0/s1. The third kappa shape index (κ3) is 5.62. The highest BCUT2D eigenvalue weighted by molar-refractivity contribution is 9.10. The molecule has 2 aromatic rings. The van der Waals surface area contributed by atoms with E-state index in [2.05, 4.69) is 31.5 Å². The molecule has 2 amide bonds. The van der Waals surface area contributed by atoms with Crippen molar-refractivity contribution < 1.29 is 9.59 Å². The van der Waals surface area contributed by atoms with Gasteiger partial charge in [-0.25, -0.2) is 4.98 Å². The van der Waals surface area contributed by atoms with E-state index in [1.54, 1.807) is 12.3 Å². The van der Waals surface area contributed by atoms with Crippen molar-refractivity contribution in [2.24, 2.45) is 5.92 Å². The van der Waals surface area contributed by atoms with Crippen LogP contribution in [-0.2, 0) is 9.59 Å². The van der Waals surface area contributed by atoms with E-state index in [4.69, 9.17) is 0 Å². The van der Waals surface area contributed by atoms with Gasteiger partial charge in [0, 0.05) is 22.9 Å². The minimum atomic E-state index is -0.146. The summed E-state index contributed by atoms with van der Waals surface area (Å²) >= 11 is 3.33. The Morgan fingerprint density at radius 2 is 2.04 bits per heavy atom. The normalized spacial score (nSPS) is 17.2. The molecule has 2 N–H and O–H groups in total. The van der Waals surface area contributed by atoms with E-state index in [1.807, 2.05) is 43.0 Å². The van der Waals surface area contributed by atoms with Crippen LogP contribution in [0.25, 0.3) is 0 Å². The number of pyridine rings is 1. The second-order valence-electron chi connectivity index (χ2n) is 7.29. The van der Waals surface area contributed by atoms with Crippen molar-refractivity contribution in [1.29, 1.82) is 0 Å². The molecule has 1 saturated heterocycles. The lowest BCUT2D eigenvalue weighted by atomic mass is 9.97. The van der Waals surface area contributed by atoms with E-state index in [0.29, 0.717) is 12.4 Å². The van der Waals surface area contributed by atoms with E-state index < -0.39 is 0 Å². The summed E-state index contributed by atoms with van der Waals surface area (Å²) in [5.74, 6) is 0.296. The highest BCUT2D eigenvalue weighted by Gasteiger charge is 2.27. The average Bonchev–Trinajstić information content (AvgIpc) is 2.66. The number of carbonyl (C=O) groups excluding carboxylic acids is 2. The molecule has 1 aliphatic heterocycles. The number of carbonyl (C=O) groups is 2. The zero-order valence-electron chi connectivity index (χ0n) is 16.2. The molecule has 7 heteroatoms. The fraction of sp³-hybridized carbons (Fsp3) is 0.381. The topological polar surface area (TPSA) is 74.3 Å². The molecule has 2 heterocycles. The smallest absolute Gasteiger partial charge is 0.238 e. The SMILES string of the molecule is Cc1ccc(C)c(NC(=O)CN2CCC[C@H](C(=O)Nc3ccc(Br)cn3)C2)c1. The lowest BCUT2D eigenvalue weighted by molar-refractivity contribution is -0.123. The molecule has 0 radical (unpaired) electrons. The number of halogens is 1. The molecule has 0 bridgehead atoms. The first kappa shape index (κ1) is 20.5. The largest absolute Gasteiger partial charge is 0.325 e. The minimum absolute atomic E-state index is 0.0468. The molecule has 1 fully saturated rings. The van der Waals surface area contributed by atoms with E-state index in [9.17, 15) is 9.59 Å². The van der Waals surface area contributed by atoms with Crippen LogP contribution in [-0.4, -0.2) is 41.3 Å². The summed E-state index contributed by atoms with van der Waals surface area (Å²) in [6.45, 7) is 5.66. The average molecular weight is 445 g/mol. The number of benzene rings is 1. The Balaban J connectivity index is 1.54. The maximum absolute atomic E-state index is 12.6. The van der Waals surface area contributed by atoms with Crippen molar-refractivity contribution in [3.05, 3.63) is 52.1 Å². The quantitative estimate of drug-likeness (QED) is 0.736. The molecule has 0 unspecified atom stereocenters. The first-order valence-electron chi connectivity index (χ1n) is 9.42. The summed E-state index contributed by atoms with van der Waals surface area (Å²) in [7, 11) is 0. The van der Waals surface area contributed by atoms with E-state index in [0.717, 1.165) is 40.7 Å². The van der Waals surface area contributed by atoms with Gasteiger partial charge in [-0.1, -0.05) is 12.1 Å². The second-order valence-corrected chi connectivity index (χ2v) is 8.21. The predicted molar refractivity (Wildman–Crippen MR) is 114 cm³/mol. The molecule has 28 heavy (non-hydrogen) atoms. The maximum Gasteiger partial charge on any atom is 0.238 e. The highest BCUT2D eigenvalue weighted by atomic mass is 79.9. The number of rotatable bonds is 5. The van der Waals surface area contributed by atoms with Crippen LogP contribution in [0.4, 0.5) is 11.5 Å². The Hall–Kier alpha value is -2.25. The molecule has 0 aliphatic carbocycles. The number of nitrogens with one attached hydrogen (secondary N) is 2. The molecule has 3 rings (SSSR count). The summed E-state index contributed by atoms with van der Waals surface area (Å²) in [6.07, 6.45) is 3.36.